The summed E-state index contributed by atoms with van der Waals surface area (Å²) in [7, 11) is 3.02. The number of methoxy groups -OCH3 is 2. The highest BCUT2D eigenvalue weighted by Gasteiger charge is 2.16. The molecule has 1 N–H and O–H groups in total. The fourth-order valence-corrected chi connectivity index (χ4v) is 4.07. The smallest absolute Gasteiger partial charge is 0.347 e. The normalized spacial score (nSPS) is 10.8. The molecule has 0 aliphatic carbocycles. The molecule has 1 aromatic heterocycles. The maximum Gasteiger partial charge on any atom is 0.347 e. The van der Waals surface area contributed by atoms with Gasteiger partial charge in [-0.05, 0) is 42.8 Å². The molecule has 0 bridgehead atoms. The lowest BCUT2D eigenvalue weighted by Crippen LogP contribution is -2.10. The van der Waals surface area contributed by atoms with Crippen LogP contribution in [0, 0.1) is 6.92 Å². The van der Waals surface area contributed by atoms with E-state index in [0.29, 0.717) is 27.9 Å². The molecule has 0 aliphatic rings. The van der Waals surface area contributed by atoms with Crippen molar-refractivity contribution in [2.75, 3.05) is 19.6 Å². The first-order valence-electron chi connectivity index (χ1n) is 10.4. The summed E-state index contributed by atoms with van der Waals surface area (Å²) in [4.78, 5) is 18.3. The molecular weight excluding hydrogens is 450 g/mol. The predicted octanol–water partition coefficient (Wildman–Crippen LogP) is 5.80. The van der Waals surface area contributed by atoms with Crippen LogP contribution in [0.3, 0.4) is 0 Å². The van der Waals surface area contributed by atoms with Crippen molar-refractivity contribution >= 4 is 28.7 Å². The largest absolute Gasteiger partial charge is 0.496 e. The number of benzene rings is 3. The Labute approximate surface area is 201 Å². The Balaban J connectivity index is 1.45. The van der Waals surface area contributed by atoms with Crippen LogP contribution in [0.2, 0.25) is 0 Å². The van der Waals surface area contributed by atoms with Crippen LogP contribution in [0.4, 0.5) is 5.13 Å². The van der Waals surface area contributed by atoms with E-state index in [1.807, 2.05) is 37.3 Å². The zero-order chi connectivity index (χ0) is 23.9. The van der Waals surface area contributed by atoms with Crippen LogP contribution >= 0.6 is 11.3 Å². The summed E-state index contributed by atoms with van der Waals surface area (Å²) in [6.45, 7) is 2.03. The fourth-order valence-electron chi connectivity index (χ4n) is 3.29. The van der Waals surface area contributed by atoms with E-state index in [1.54, 1.807) is 48.7 Å². The topological polar surface area (TPSA) is 82.0 Å². The van der Waals surface area contributed by atoms with Crippen LogP contribution in [-0.4, -0.2) is 31.4 Å². The fraction of sp³-hybridized carbons (Fsp3) is 0.115. The molecule has 0 saturated carbocycles. The molecule has 3 aromatic carbocycles. The summed E-state index contributed by atoms with van der Waals surface area (Å²) in [5.74, 6) is 0.608. The SMILES string of the molecule is COc1cc(/C=N\Nc2nc(-c3ccccc3)c(C)s2)ccc1OC(=O)c1ccccc1OC. The van der Waals surface area contributed by atoms with Gasteiger partial charge in [-0.3, -0.25) is 5.43 Å². The Bertz CT molecular complexity index is 1320. The number of ether oxygens (including phenoxy) is 3. The van der Waals surface area contributed by atoms with E-state index >= 15 is 0 Å². The van der Waals surface area contributed by atoms with E-state index in [1.165, 1.54) is 25.6 Å². The molecule has 8 heteroatoms. The van der Waals surface area contributed by atoms with Gasteiger partial charge < -0.3 is 14.2 Å². The Morgan fingerprint density at radius 3 is 2.44 bits per heavy atom. The number of rotatable bonds is 8. The van der Waals surface area contributed by atoms with Crippen molar-refractivity contribution in [2.24, 2.45) is 5.10 Å². The van der Waals surface area contributed by atoms with E-state index in [9.17, 15) is 4.79 Å². The van der Waals surface area contributed by atoms with E-state index in [4.69, 9.17) is 14.2 Å². The number of carbonyl (C=O) groups is 1. The summed E-state index contributed by atoms with van der Waals surface area (Å²) in [6, 6.07) is 22.1. The maximum absolute atomic E-state index is 12.6. The van der Waals surface area contributed by atoms with Gasteiger partial charge in [0.2, 0.25) is 5.13 Å². The van der Waals surface area contributed by atoms with Gasteiger partial charge in [0.1, 0.15) is 11.3 Å². The molecule has 0 amide bonds. The van der Waals surface area contributed by atoms with Gasteiger partial charge in [0.15, 0.2) is 11.5 Å². The van der Waals surface area contributed by atoms with Gasteiger partial charge in [0.25, 0.3) is 0 Å². The van der Waals surface area contributed by atoms with Crippen molar-refractivity contribution in [1.29, 1.82) is 0 Å². The highest BCUT2D eigenvalue weighted by molar-refractivity contribution is 7.16. The van der Waals surface area contributed by atoms with Crippen LogP contribution < -0.4 is 19.6 Å². The quantitative estimate of drug-likeness (QED) is 0.151. The predicted molar refractivity (Wildman–Crippen MR) is 134 cm³/mol. The molecule has 172 valence electrons. The summed E-state index contributed by atoms with van der Waals surface area (Å²) in [6.07, 6.45) is 1.65. The highest BCUT2D eigenvalue weighted by atomic mass is 32.1. The van der Waals surface area contributed by atoms with Crippen LogP contribution in [0.25, 0.3) is 11.3 Å². The van der Waals surface area contributed by atoms with E-state index in [0.717, 1.165) is 21.7 Å². The molecule has 0 saturated heterocycles. The third-order valence-corrected chi connectivity index (χ3v) is 5.81. The number of nitrogens with one attached hydrogen (secondary N) is 1. The van der Waals surface area contributed by atoms with E-state index < -0.39 is 5.97 Å². The number of hydrogen-bond donors (Lipinski definition) is 1. The van der Waals surface area contributed by atoms with Gasteiger partial charge in [-0.25, -0.2) is 9.78 Å². The first-order valence-corrected chi connectivity index (χ1v) is 11.3. The molecular formula is C26H23N3O4S. The van der Waals surface area contributed by atoms with Gasteiger partial charge in [-0.1, -0.05) is 42.5 Å². The summed E-state index contributed by atoms with van der Waals surface area (Å²) >= 11 is 1.53. The van der Waals surface area contributed by atoms with Crippen LogP contribution in [0.1, 0.15) is 20.8 Å². The number of hydrazone groups is 1. The monoisotopic (exact) mass is 473 g/mol. The van der Waals surface area contributed by atoms with Crippen molar-refractivity contribution in [2.45, 2.75) is 6.92 Å². The number of aromatic nitrogens is 1. The summed E-state index contributed by atoms with van der Waals surface area (Å²) in [5.41, 5.74) is 6.07. The second-order valence-electron chi connectivity index (χ2n) is 7.16. The number of para-hydroxylation sites is 1. The minimum absolute atomic E-state index is 0.298. The Morgan fingerprint density at radius 1 is 0.941 bits per heavy atom. The molecule has 0 radical (unpaired) electrons. The number of hydrogen-bond acceptors (Lipinski definition) is 8. The van der Waals surface area contributed by atoms with Gasteiger partial charge in [0.05, 0.1) is 26.1 Å². The molecule has 34 heavy (non-hydrogen) atoms. The minimum Gasteiger partial charge on any atom is -0.496 e. The Kier molecular flexibility index (Phi) is 7.19. The van der Waals surface area contributed by atoms with Gasteiger partial charge >= 0.3 is 5.97 Å². The van der Waals surface area contributed by atoms with Crippen molar-refractivity contribution in [3.05, 3.63) is 88.8 Å². The lowest BCUT2D eigenvalue weighted by Gasteiger charge is -2.11. The highest BCUT2D eigenvalue weighted by Crippen LogP contribution is 2.31. The maximum atomic E-state index is 12.6. The molecule has 0 spiro atoms. The molecule has 4 rings (SSSR count). The number of thiazole rings is 1. The molecule has 0 atom stereocenters. The number of carbonyl (C=O) groups excluding carboxylic acids is 1. The van der Waals surface area contributed by atoms with Crippen molar-refractivity contribution < 1.29 is 19.0 Å². The molecule has 0 unspecified atom stereocenters. The minimum atomic E-state index is -0.535. The summed E-state index contributed by atoms with van der Waals surface area (Å²) < 4.78 is 16.2. The van der Waals surface area contributed by atoms with Crippen LogP contribution in [-0.2, 0) is 0 Å². The second-order valence-corrected chi connectivity index (χ2v) is 8.36. The van der Waals surface area contributed by atoms with Crippen molar-refractivity contribution in [3.8, 4) is 28.5 Å². The molecule has 7 nitrogen and oxygen atoms in total. The van der Waals surface area contributed by atoms with Gasteiger partial charge in [-0.15, -0.1) is 11.3 Å². The van der Waals surface area contributed by atoms with Crippen LogP contribution in [0.5, 0.6) is 17.2 Å². The zero-order valence-electron chi connectivity index (χ0n) is 18.9. The molecule has 1 heterocycles. The van der Waals surface area contributed by atoms with Crippen molar-refractivity contribution in [1.82, 2.24) is 4.98 Å². The third kappa shape index (κ3) is 5.24. The number of anilines is 1. The average Bonchev–Trinajstić information content (AvgIpc) is 3.25. The van der Waals surface area contributed by atoms with E-state index in [2.05, 4.69) is 15.5 Å². The number of aryl methyl sites for hydroxylation is 1. The van der Waals surface area contributed by atoms with Gasteiger partial charge in [0, 0.05) is 10.4 Å². The van der Waals surface area contributed by atoms with Gasteiger partial charge in [-0.2, -0.15) is 5.10 Å². The first kappa shape index (κ1) is 23.0. The Hall–Kier alpha value is -4.17. The Morgan fingerprint density at radius 2 is 1.68 bits per heavy atom. The van der Waals surface area contributed by atoms with E-state index in [-0.39, 0.29) is 0 Å². The summed E-state index contributed by atoms with van der Waals surface area (Å²) in [5, 5.41) is 4.99. The number of esters is 1. The van der Waals surface area contributed by atoms with Crippen molar-refractivity contribution in [3.63, 3.8) is 0 Å². The molecule has 0 fully saturated rings. The third-order valence-electron chi connectivity index (χ3n) is 4.93. The first-order chi connectivity index (χ1) is 16.6. The lowest BCUT2D eigenvalue weighted by atomic mass is 10.1. The molecule has 4 aromatic rings. The zero-order valence-corrected chi connectivity index (χ0v) is 19.8. The average molecular weight is 474 g/mol. The lowest BCUT2D eigenvalue weighted by molar-refractivity contribution is 0.0726. The second kappa shape index (κ2) is 10.6. The number of nitrogens with zero attached hydrogens (tertiary/aromatic N) is 2. The standard InChI is InChI=1S/C26H23N3O4S/c1-17-24(19-9-5-4-6-10-19)28-26(34-17)29-27-16-18-13-14-22(23(15-18)32-3)33-25(30)20-11-7-8-12-21(20)31-2/h4-16H,1-3H3,(H,28,29)/b27-16-. The van der Waals surface area contributed by atoms with Crippen LogP contribution in [0.15, 0.2) is 77.9 Å². The molecule has 0 aliphatic heterocycles.